The number of nitrogens with one attached hydrogen (secondary N) is 2. The number of aromatic carboxylic acids is 1. The maximum atomic E-state index is 10.9. The van der Waals surface area contributed by atoms with Crippen molar-refractivity contribution in [2.24, 2.45) is 7.05 Å². The molecule has 0 aliphatic carbocycles. The fraction of sp³-hybridized carbons (Fsp3) is 0.0588. The summed E-state index contributed by atoms with van der Waals surface area (Å²) in [6, 6.07) is 13.3. The summed E-state index contributed by atoms with van der Waals surface area (Å²) < 4.78 is 1.41. The minimum atomic E-state index is -0.988. The van der Waals surface area contributed by atoms with Crippen LogP contribution < -0.4 is 10.8 Å². The van der Waals surface area contributed by atoms with Crippen LogP contribution in [0.2, 0.25) is 5.02 Å². The largest absolute Gasteiger partial charge is 0.478 e. The van der Waals surface area contributed by atoms with Crippen LogP contribution in [0.15, 0.2) is 48.5 Å². The molecular weight excluding hydrogens is 342 g/mol. The summed E-state index contributed by atoms with van der Waals surface area (Å²) in [5.41, 5.74) is 2.20. The minimum absolute atomic E-state index is 0.161. The molecule has 3 rings (SSSR count). The Morgan fingerprint density at radius 1 is 1.16 bits per heavy atom. The van der Waals surface area contributed by atoms with Crippen molar-refractivity contribution in [2.75, 3.05) is 5.32 Å². The number of aromatic nitrogens is 3. The predicted molar refractivity (Wildman–Crippen MR) is 94.0 cm³/mol. The fourth-order valence-electron chi connectivity index (χ4n) is 2.21. The molecule has 0 aliphatic rings. The SMILES string of the molecule is Cn1nc(Nc2ccc(C(=O)O)cc2)nc(-c2ccc(Cl)cc2)c1=N. The number of hydrogen-bond donors (Lipinski definition) is 3. The molecule has 0 bridgehead atoms. The van der Waals surface area contributed by atoms with Crippen LogP contribution in [0.5, 0.6) is 0 Å². The Morgan fingerprint density at radius 3 is 2.40 bits per heavy atom. The Kier molecular flexibility index (Phi) is 4.49. The van der Waals surface area contributed by atoms with E-state index in [1.165, 1.54) is 16.8 Å². The Labute approximate surface area is 148 Å². The second kappa shape index (κ2) is 6.74. The van der Waals surface area contributed by atoms with Crippen LogP contribution in [0.4, 0.5) is 11.6 Å². The molecule has 0 saturated carbocycles. The molecule has 0 amide bonds. The van der Waals surface area contributed by atoms with Crippen LogP contribution >= 0.6 is 11.6 Å². The van der Waals surface area contributed by atoms with Gasteiger partial charge in [0.15, 0.2) is 5.49 Å². The molecule has 0 atom stereocenters. The number of carbonyl (C=O) groups is 1. The molecule has 0 radical (unpaired) electrons. The van der Waals surface area contributed by atoms with Crippen LogP contribution in [-0.4, -0.2) is 25.8 Å². The lowest BCUT2D eigenvalue weighted by Gasteiger charge is -2.10. The molecule has 126 valence electrons. The average Bonchev–Trinajstić information content (AvgIpc) is 2.59. The summed E-state index contributed by atoms with van der Waals surface area (Å²) in [6.07, 6.45) is 0. The summed E-state index contributed by atoms with van der Waals surface area (Å²) in [7, 11) is 1.65. The number of anilines is 2. The molecule has 3 N–H and O–H groups in total. The molecule has 0 saturated heterocycles. The van der Waals surface area contributed by atoms with Gasteiger partial charge in [-0.3, -0.25) is 5.41 Å². The van der Waals surface area contributed by atoms with Gasteiger partial charge in [-0.05, 0) is 36.4 Å². The van der Waals surface area contributed by atoms with Crippen molar-refractivity contribution in [1.82, 2.24) is 14.8 Å². The summed E-state index contributed by atoms with van der Waals surface area (Å²) >= 11 is 5.90. The second-order valence-corrected chi connectivity index (χ2v) is 5.71. The standard InChI is InChI=1S/C17H14ClN5O2/c1-23-15(19)14(10-2-6-12(18)7-3-10)21-17(22-23)20-13-8-4-11(5-9-13)16(24)25/h2-9,19H,1H3,(H,20,22)(H,24,25). The summed E-state index contributed by atoms with van der Waals surface area (Å²) in [4.78, 5) is 15.3. The van der Waals surface area contributed by atoms with Gasteiger partial charge >= 0.3 is 5.97 Å². The van der Waals surface area contributed by atoms with Crippen LogP contribution in [0.25, 0.3) is 11.3 Å². The third kappa shape index (κ3) is 3.67. The van der Waals surface area contributed by atoms with Crippen LogP contribution in [0.3, 0.4) is 0 Å². The first-order chi connectivity index (χ1) is 11.9. The van der Waals surface area contributed by atoms with Gasteiger partial charge in [-0.25, -0.2) is 14.5 Å². The Bertz CT molecular complexity index is 981. The lowest BCUT2D eigenvalue weighted by molar-refractivity contribution is 0.0697. The molecule has 2 aromatic carbocycles. The zero-order valence-corrected chi connectivity index (χ0v) is 13.9. The van der Waals surface area contributed by atoms with E-state index in [0.717, 1.165) is 5.56 Å². The zero-order chi connectivity index (χ0) is 18.0. The van der Waals surface area contributed by atoms with E-state index in [1.807, 2.05) is 0 Å². The monoisotopic (exact) mass is 355 g/mol. The molecule has 0 unspecified atom stereocenters. The number of aryl methyl sites for hydroxylation is 1. The van der Waals surface area contributed by atoms with Crippen molar-refractivity contribution in [3.8, 4) is 11.3 Å². The van der Waals surface area contributed by atoms with Crippen molar-refractivity contribution < 1.29 is 9.90 Å². The van der Waals surface area contributed by atoms with Gasteiger partial charge in [0.2, 0.25) is 5.95 Å². The van der Waals surface area contributed by atoms with Gasteiger partial charge in [-0.2, -0.15) is 0 Å². The van der Waals surface area contributed by atoms with Crippen molar-refractivity contribution in [3.05, 3.63) is 64.6 Å². The molecule has 7 nitrogen and oxygen atoms in total. The molecule has 3 aromatic rings. The number of benzene rings is 2. The summed E-state index contributed by atoms with van der Waals surface area (Å²) in [5, 5.41) is 24.9. The topological polar surface area (TPSA) is 104 Å². The van der Waals surface area contributed by atoms with Crippen LogP contribution in [0.1, 0.15) is 10.4 Å². The van der Waals surface area contributed by atoms with Crippen LogP contribution in [0, 0.1) is 5.41 Å². The number of hydrogen-bond acceptors (Lipinski definition) is 5. The highest BCUT2D eigenvalue weighted by molar-refractivity contribution is 6.30. The Balaban J connectivity index is 1.96. The van der Waals surface area contributed by atoms with Crippen molar-refractivity contribution >= 4 is 29.2 Å². The normalized spacial score (nSPS) is 10.5. The van der Waals surface area contributed by atoms with E-state index in [-0.39, 0.29) is 11.1 Å². The first kappa shape index (κ1) is 16.7. The van der Waals surface area contributed by atoms with Crippen LogP contribution in [-0.2, 0) is 7.05 Å². The molecule has 1 aromatic heterocycles. The number of nitrogens with zero attached hydrogens (tertiary/aromatic N) is 3. The van der Waals surface area contributed by atoms with E-state index < -0.39 is 5.97 Å². The third-order valence-corrected chi connectivity index (χ3v) is 3.77. The maximum Gasteiger partial charge on any atom is 0.335 e. The summed E-state index contributed by atoms with van der Waals surface area (Å²) in [6.45, 7) is 0. The molecule has 0 aliphatic heterocycles. The highest BCUT2D eigenvalue weighted by Gasteiger charge is 2.09. The Morgan fingerprint density at radius 2 is 1.80 bits per heavy atom. The van der Waals surface area contributed by atoms with Gasteiger partial charge in [-0.15, -0.1) is 5.10 Å². The number of carboxylic acids is 1. The number of halogens is 1. The fourth-order valence-corrected chi connectivity index (χ4v) is 2.34. The quantitative estimate of drug-likeness (QED) is 0.667. The van der Waals surface area contributed by atoms with E-state index in [2.05, 4.69) is 15.4 Å². The highest BCUT2D eigenvalue weighted by atomic mass is 35.5. The van der Waals surface area contributed by atoms with Crippen molar-refractivity contribution in [2.45, 2.75) is 0 Å². The van der Waals surface area contributed by atoms with E-state index in [0.29, 0.717) is 22.4 Å². The summed E-state index contributed by atoms with van der Waals surface area (Å²) in [5.74, 6) is -0.690. The highest BCUT2D eigenvalue weighted by Crippen LogP contribution is 2.19. The molecule has 1 heterocycles. The lowest BCUT2D eigenvalue weighted by atomic mass is 10.1. The smallest absolute Gasteiger partial charge is 0.335 e. The first-order valence-electron chi connectivity index (χ1n) is 7.30. The molecular formula is C17H14ClN5O2. The molecule has 0 spiro atoms. The van der Waals surface area contributed by atoms with E-state index in [9.17, 15) is 4.79 Å². The van der Waals surface area contributed by atoms with Gasteiger partial charge < -0.3 is 10.4 Å². The minimum Gasteiger partial charge on any atom is -0.478 e. The van der Waals surface area contributed by atoms with Gasteiger partial charge in [0.05, 0.1) is 5.56 Å². The van der Waals surface area contributed by atoms with Crippen molar-refractivity contribution in [3.63, 3.8) is 0 Å². The van der Waals surface area contributed by atoms with Crippen molar-refractivity contribution in [1.29, 1.82) is 5.41 Å². The van der Waals surface area contributed by atoms with Gasteiger partial charge in [0.25, 0.3) is 0 Å². The average molecular weight is 356 g/mol. The van der Waals surface area contributed by atoms with Gasteiger partial charge in [-0.1, -0.05) is 23.7 Å². The van der Waals surface area contributed by atoms with Gasteiger partial charge in [0.1, 0.15) is 5.69 Å². The lowest BCUT2D eigenvalue weighted by Crippen LogP contribution is -2.24. The van der Waals surface area contributed by atoms with E-state index >= 15 is 0 Å². The van der Waals surface area contributed by atoms with E-state index in [4.69, 9.17) is 22.1 Å². The molecule has 0 fully saturated rings. The number of rotatable bonds is 4. The number of carboxylic acid groups (broad SMARTS) is 1. The van der Waals surface area contributed by atoms with E-state index in [1.54, 1.807) is 43.4 Å². The maximum absolute atomic E-state index is 10.9. The first-order valence-corrected chi connectivity index (χ1v) is 7.68. The molecule has 25 heavy (non-hydrogen) atoms. The third-order valence-electron chi connectivity index (χ3n) is 3.52. The molecule has 8 heteroatoms. The second-order valence-electron chi connectivity index (χ2n) is 5.27. The zero-order valence-electron chi connectivity index (χ0n) is 13.2. The Hall–Kier alpha value is -3.19. The van der Waals surface area contributed by atoms with Gasteiger partial charge in [0, 0.05) is 23.3 Å². The predicted octanol–water partition coefficient (Wildman–Crippen LogP) is 3.06.